The number of rotatable bonds is 9. The molecule has 1 aromatic carbocycles. The topological polar surface area (TPSA) is 81.9 Å². The van der Waals surface area contributed by atoms with Gasteiger partial charge in [0.25, 0.3) is 0 Å². The van der Waals surface area contributed by atoms with Crippen LogP contribution in [0.3, 0.4) is 0 Å². The summed E-state index contributed by atoms with van der Waals surface area (Å²) >= 11 is 1.36. The summed E-state index contributed by atoms with van der Waals surface area (Å²) in [5, 5.41) is 12.4. The summed E-state index contributed by atoms with van der Waals surface area (Å²) in [5.74, 6) is 0.259. The van der Waals surface area contributed by atoms with Crippen LogP contribution in [0.2, 0.25) is 0 Å². The molecule has 4 rings (SSSR count). The van der Waals surface area contributed by atoms with Gasteiger partial charge in [-0.15, -0.1) is 11.3 Å². The maximum Gasteiger partial charge on any atom is 0.214 e. The Kier molecular flexibility index (Phi) is 7.03. The summed E-state index contributed by atoms with van der Waals surface area (Å²) in [6.45, 7) is 0.842. The fraction of sp³-hybridized carbons (Fsp3) is 0.120. The molecule has 4 aromatic rings. The van der Waals surface area contributed by atoms with Crippen LogP contribution in [-0.2, 0) is 17.8 Å². The Bertz CT molecular complexity index is 1290. The van der Waals surface area contributed by atoms with Gasteiger partial charge in [-0.25, -0.2) is 9.37 Å². The van der Waals surface area contributed by atoms with E-state index in [2.05, 4.69) is 16.4 Å². The van der Waals surface area contributed by atoms with Crippen molar-refractivity contribution in [2.45, 2.75) is 13.0 Å². The third kappa shape index (κ3) is 5.59. The van der Waals surface area contributed by atoms with Crippen LogP contribution in [0.5, 0.6) is 0 Å². The van der Waals surface area contributed by atoms with Crippen LogP contribution >= 0.6 is 11.3 Å². The quantitative estimate of drug-likeness (QED) is 0.356. The van der Waals surface area contributed by atoms with E-state index < -0.39 is 0 Å². The highest BCUT2D eigenvalue weighted by molar-refractivity contribution is 7.15. The Morgan fingerprint density at radius 1 is 1.12 bits per heavy atom. The molecule has 164 valence electrons. The normalized spacial score (nSPS) is 10.4. The number of hydrogen-bond acceptors (Lipinski definition) is 6. The number of nitriles is 1. The summed E-state index contributed by atoms with van der Waals surface area (Å²) in [6.07, 6.45) is 4.75. The number of halogens is 1. The molecule has 3 aromatic heterocycles. The minimum atomic E-state index is -0.275. The van der Waals surface area contributed by atoms with Crippen molar-refractivity contribution in [2.24, 2.45) is 0 Å². The van der Waals surface area contributed by atoms with Gasteiger partial charge < -0.3 is 10.2 Å². The molecule has 0 aliphatic heterocycles. The molecule has 1 amide bonds. The number of nitrogens with one attached hydrogen (secondary N) is 1. The average molecular weight is 458 g/mol. The number of hydrogen-bond donors (Lipinski definition) is 1. The molecule has 0 saturated carbocycles. The van der Waals surface area contributed by atoms with Gasteiger partial charge in [-0.3, -0.25) is 9.78 Å². The van der Waals surface area contributed by atoms with Crippen molar-refractivity contribution in [1.82, 2.24) is 9.97 Å². The SMILES string of the molecule is N#Cc1ccc(-c2ccc(N(C=O)Cc3cccnc3)c(NCCc3cccc(F)c3)n2)s1. The van der Waals surface area contributed by atoms with E-state index in [1.54, 1.807) is 29.4 Å². The molecule has 0 atom stereocenters. The zero-order valence-electron chi connectivity index (χ0n) is 17.6. The summed E-state index contributed by atoms with van der Waals surface area (Å²) < 4.78 is 13.5. The third-order valence-electron chi connectivity index (χ3n) is 4.95. The second kappa shape index (κ2) is 10.5. The van der Waals surface area contributed by atoms with Crippen molar-refractivity contribution < 1.29 is 9.18 Å². The molecule has 6 nitrogen and oxygen atoms in total. The Morgan fingerprint density at radius 3 is 2.73 bits per heavy atom. The Labute approximate surface area is 195 Å². The summed E-state index contributed by atoms with van der Waals surface area (Å²) in [4.78, 5) is 23.8. The van der Waals surface area contributed by atoms with E-state index in [0.717, 1.165) is 22.4 Å². The number of pyridine rings is 2. The number of thiophene rings is 1. The highest BCUT2D eigenvalue weighted by Crippen LogP contribution is 2.32. The number of aromatic nitrogens is 2. The first kappa shape index (κ1) is 22.1. The molecular weight excluding hydrogens is 437 g/mol. The fourth-order valence-electron chi connectivity index (χ4n) is 3.37. The number of benzene rings is 1. The molecule has 1 N–H and O–H groups in total. The van der Waals surface area contributed by atoms with Gasteiger partial charge in [0.15, 0.2) is 5.82 Å². The molecule has 3 heterocycles. The van der Waals surface area contributed by atoms with Crippen molar-refractivity contribution in [1.29, 1.82) is 5.26 Å². The molecule has 33 heavy (non-hydrogen) atoms. The van der Waals surface area contributed by atoms with Crippen LogP contribution < -0.4 is 10.2 Å². The van der Waals surface area contributed by atoms with Crippen LogP contribution in [0.1, 0.15) is 16.0 Å². The number of nitrogens with zero attached hydrogens (tertiary/aromatic N) is 4. The zero-order chi connectivity index (χ0) is 23.0. The Balaban J connectivity index is 1.62. The lowest BCUT2D eigenvalue weighted by atomic mass is 10.1. The lowest BCUT2D eigenvalue weighted by molar-refractivity contribution is -0.107. The van der Waals surface area contributed by atoms with Gasteiger partial charge in [-0.2, -0.15) is 5.26 Å². The van der Waals surface area contributed by atoms with E-state index in [9.17, 15) is 9.18 Å². The van der Waals surface area contributed by atoms with Gasteiger partial charge >= 0.3 is 0 Å². The second-order valence-electron chi connectivity index (χ2n) is 7.24. The molecule has 0 saturated heterocycles. The lowest BCUT2D eigenvalue weighted by Gasteiger charge is -2.21. The Morgan fingerprint density at radius 2 is 2.00 bits per heavy atom. The molecule has 0 spiro atoms. The van der Waals surface area contributed by atoms with E-state index in [4.69, 9.17) is 10.2 Å². The van der Waals surface area contributed by atoms with E-state index in [1.807, 2.05) is 36.4 Å². The fourth-order valence-corrected chi connectivity index (χ4v) is 4.14. The molecule has 0 fully saturated rings. The zero-order valence-corrected chi connectivity index (χ0v) is 18.4. The first-order valence-electron chi connectivity index (χ1n) is 10.3. The molecule has 0 radical (unpaired) electrons. The predicted octanol–water partition coefficient (Wildman–Crippen LogP) is 5.03. The molecule has 0 bridgehead atoms. The van der Waals surface area contributed by atoms with E-state index >= 15 is 0 Å². The van der Waals surface area contributed by atoms with Crippen molar-refractivity contribution in [3.63, 3.8) is 0 Å². The van der Waals surface area contributed by atoms with Gasteiger partial charge in [0, 0.05) is 18.9 Å². The predicted molar refractivity (Wildman–Crippen MR) is 127 cm³/mol. The van der Waals surface area contributed by atoms with Gasteiger partial charge in [0.2, 0.25) is 6.41 Å². The molecular formula is C25H20FN5OS. The average Bonchev–Trinajstić information content (AvgIpc) is 3.33. The lowest BCUT2D eigenvalue weighted by Crippen LogP contribution is -2.22. The smallest absolute Gasteiger partial charge is 0.214 e. The number of amides is 1. The Hall–Kier alpha value is -4.09. The van der Waals surface area contributed by atoms with Gasteiger partial charge in [-0.05, 0) is 60.0 Å². The van der Waals surface area contributed by atoms with Crippen molar-refractivity contribution in [3.05, 3.63) is 94.9 Å². The van der Waals surface area contributed by atoms with Crippen LogP contribution in [0.15, 0.2) is 73.1 Å². The minimum Gasteiger partial charge on any atom is -0.368 e. The first-order valence-corrected chi connectivity index (χ1v) is 11.1. The maximum atomic E-state index is 13.5. The second-order valence-corrected chi connectivity index (χ2v) is 8.32. The molecule has 0 unspecified atom stereocenters. The van der Waals surface area contributed by atoms with E-state index in [1.165, 1.54) is 23.5 Å². The molecule has 8 heteroatoms. The van der Waals surface area contributed by atoms with Crippen molar-refractivity contribution >= 4 is 29.3 Å². The third-order valence-corrected chi connectivity index (χ3v) is 5.96. The van der Waals surface area contributed by atoms with Gasteiger partial charge in [0.05, 0.1) is 22.8 Å². The van der Waals surface area contributed by atoms with Crippen LogP contribution in [0.25, 0.3) is 10.6 Å². The van der Waals surface area contributed by atoms with Crippen molar-refractivity contribution in [3.8, 4) is 16.6 Å². The van der Waals surface area contributed by atoms with Crippen LogP contribution in [0, 0.1) is 17.1 Å². The van der Waals surface area contributed by atoms with Gasteiger partial charge in [0.1, 0.15) is 16.8 Å². The number of carbonyl (C=O) groups is 1. The summed E-state index contributed by atoms with van der Waals surface area (Å²) in [5.41, 5.74) is 3.07. The number of carbonyl (C=O) groups excluding carboxylic acids is 1. The highest BCUT2D eigenvalue weighted by Gasteiger charge is 2.15. The monoisotopic (exact) mass is 457 g/mol. The minimum absolute atomic E-state index is 0.275. The largest absolute Gasteiger partial charge is 0.368 e. The number of anilines is 2. The van der Waals surface area contributed by atoms with Crippen LogP contribution in [-0.4, -0.2) is 22.9 Å². The van der Waals surface area contributed by atoms with Gasteiger partial charge in [-0.1, -0.05) is 18.2 Å². The standard InChI is InChI=1S/C25H20FN5OS/c26-20-5-1-3-18(13-20)10-12-29-25-23(31(17-32)16-19-4-2-11-28-15-19)8-7-22(30-25)24-9-6-21(14-27)33-24/h1-9,11,13,15,17H,10,12,16H2,(H,29,30). The maximum absolute atomic E-state index is 13.5. The summed E-state index contributed by atoms with van der Waals surface area (Å²) in [7, 11) is 0. The molecule has 0 aliphatic rings. The molecule has 0 aliphatic carbocycles. The van der Waals surface area contributed by atoms with E-state index in [-0.39, 0.29) is 5.82 Å². The first-order chi connectivity index (χ1) is 16.2. The van der Waals surface area contributed by atoms with E-state index in [0.29, 0.717) is 41.6 Å². The van der Waals surface area contributed by atoms with Crippen molar-refractivity contribution in [2.75, 3.05) is 16.8 Å². The highest BCUT2D eigenvalue weighted by atomic mass is 32.1. The summed E-state index contributed by atoms with van der Waals surface area (Å²) in [6, 6.07) is 19.6. The van der Waals surface area contributed by atoms with Crippen LogP contribution in [0.4, 0.5) is 15.9 Å².